The molecule has 0 bridgehead atoms. The van der Waals surface area contributed by atoms with E-state index in [1.54, 1.807) is 12.3 Å². The van der Waals surface area contributed by atoms with Crippen LogP contribution in [0.15, 0.2) is 48.7 Å². The molecule has 0 spiro atoms. The number of rotatable bonds is 5. The fourth-order valence-electron chi connectivity index (χ4n) is 3.91. The summed E-state index contributed by atoms with van der Waals surface area (Å²) >= 11 is 0. The highest BCUT2D eigenvalue weighted by Crippen LogP contribution is 2.32. The highest BCUT2D eigenvalue weighted by molar-refractivity contribution is 6.31. The van der Waals surface area contributed by atoms with E-state index in [0.717, 1.165) is 31.9 Å². The number of nitrogens with zero attached hydrogens (tertiary/aromatic N) is 2. The highest BCUT2D eigenvalue weighted by atomic mass is 19.1. The summed E-state index contributed by atoms with van der Waals surface area (Å²) in [4.78, 5) is 17.1. The first-order valence-electron chi connectivity index (χ1n) is 10.2. The molecule has 0 radical (unpaired) electrons. The van der Waals surface area contributed by atoms with Gasteiger partial charge in [0, 0.05) is 55.4 Å². The van der Waals surface area contributed by atoms with Gasteiger partial charge in [-0.25, -0.2) is 4.39 Å². The number of nitrogens with one attached hydrogen (secondary N) is 2. The minimum atomic E-state index is -0.362. The molecule has 152 valence electrons. The summed E-state index contributed by atoms with van der Waals surface area (Å²) in [6, 6.07) is 13.2. The lowest BCUT2D eigenvalue weighted by Crippen LogP contribution is -2.49. The first-order valence-corrected chi connectivity index (χ1v) is 10.2. The number of carbonyl (C=O) groups excluding carboxylic acids is 1. The van der Waals surface area contributed by atoms with Crippen molar-refractivity contribution in [1.82, 2.24) is 4.90 Å². The van der Waals surface area contributed by atoms with E-state index in [4.69, 9.17) is 0 Å². The van der Waals surface area contributed by atoms with E-state index in [0.29, 0.717) is 22.9 Å². The fraction of sp³-hybridized carbons (Fsp3) is 0.348. The van der Waals surface area contributed by atoms with Gasteiger partial charge in [-0.05, 0) is 55.8 Å². The molecule has 2 N–H and O–H groups in total. The predicted octanol–water partition coefficient (Wildman–Crippen LogP) is 4.15. The highest BCUT2D eigenvalue weighted by Gasteiger charge is 2.24. The molecule has 6 heteroatoms. The van der Waals surface area contributed by atoms with Crippen molar-refractivity contribution in [3.8, 4) is 0 Å². The second kappa shape index (κ2) is 8.25. The Balaban J connectivity index is 1.40. The molecule has 4 rings (SSSR count). The van der Waals surface area contributed by atoms with Crippen LogP contribution in [0.1, 0.15) is 25.8 Å². The van der Waals surface area contributed by atoms with E-state index in [1.807, 2.05) is 12.1 Å². The normalized spacial score (nSPS) is 19.2. The smallest absolute Gasteiger partial charge is 0.257 e. The van der Waals surface area contributed by atoms with Crippen molar-refractivity contribution in [3.05, 3.63) is 60.0 Å². The van der Waals surface area contributed by atoms with Crippen molar-refractivity contribution in [2.75, 3.05) is 41.7 Å². The Labute approximate surface area is 171 Å². The molecule has 5 nitrogen and oxygen atoms in total. The number of hydrogen-bond acceptors (Lipinski definition) is 4. The zero-order valence-electron chi connectivity index (χ0n) is 16.9. The Bertz CT molecular complexity index is 917. The number of benzene rings is 2. The second-order valence-electron chi connectivity index (χ2n) is 7.67. The van der Waals surface area contributed by atoms with Crippen molar-refractivity contribution in [2.45, 2.75) is 26.3 Å². The molecule has 1 saturated heterocycles. The Morgan fingerprint density at radius 3 is 2.55 bits per heavy atom. The number of piperazine rings is 1. The maximum absolute atomic E-state index is 13.3. The number of hydrogen-bond donors (Lipinski definition) is 2. The van der Waals surface area contributed by atoms with E-state index in [1.165, 1.54) is 24.2 Å². The van der Waals surface area contributed by atoms with E-state index in [-0.39, 0.29) is 11.7 Å². The summed E-state index contributed by atoms with van der Waals surface area (Å²) < 4.78 is 13.3. The Kier molecular flexibility index (Phi) is 5.53. The SMILES string of the molecule is CCC(C)N1CCN(c2ccc(N/C=C3/C(=O)Nc4cc(F)ccc43)cc2)CC1. The van der Waals surface area contributed by atoms with E-state index in [9.17, 15) is 9.18 Å². The molecule has 1 unspecified atom stereocenters. The maximum Gasteiger partial charge on any atom is 0.257 e. The van der Waals surface area contributed by atoms with Gasteiger partial charge in [0.2, 0.25) is 0 Å². The van der Waals surface area contributed by atoms with Crippen LogP contribution in [0, 0.1) is 5.82 Å². The largest absolute Gasteiger partial charge is 0.369 e. The monoisotopic (exact) mass is 394 g/mol. The zero-order chi connectivity index (χ0) is 20.4. The molecule has 29 heavy (non-hydrogen) atoms. The predicted molar refractivity (Wildman–Crippen MR) is 117 cm³/mol. The van der Waals surface area contributed by atoms with Crippen molar-refractivity contribution >= 4 is 28.5 Å². The van der Waals surface area contributed by atoms with Crippen molar-refractivity contribution < 1.29 is 9.18 Å². The molecule has 0 saturated carbocycles. The third-order valence-electron chi connectivity index (χ3n) is 5.91. The topological polar surface area (TPSA) is 47.6 Å². The molecule has 0 aliphatic carbocycles. The van der Waals surface area contributed by atoms with Gasteiger partial charge in [-0.1, -0.05) is 6.92 Å². The number of amides is 1. The first-order chi connectivity index (χ1) is 14.0. The van der Waals surface area contributed by atoms with Crippen LogP contribution in [-0.4, -0.2) is 43.0 Å². The van der Waals surface area contributed by atoms with Gasteiger partial charge in [0.05, 0.1) is 11.3 Å². The Morgan fingerprint density at radius 1 is 1.14 bits per heavy atom. The van der Waals surface area contributed by atoms with Gasteiger partial charge in [0.25, 0.3) is 5.91 Å². The van der Waals surface area contributed by atoms with Crippen LogP contribution in [0.5, 0.6) is 0 Å². The maximum atomic E-state index is 13.3. The molecular formula is C23H27FN4O. The Hall–Kier alpha value is -2.86. The van der Waals surface area contributed by atoms with Crippen LogP contribution in [0.2, 0.25) is 0 Å². The van der Waals surface area contributed by atoms with Crippen molar-refractivity contribution in [1.29, 1.82) is 0 Å². The van der Waals surface area contributed by atoms with Crippen molar-refractivity contribution in [3.63, 3.8) is 0 Å². The zero-order valence-corrected chi connectivity index (χ0v) is 16.9. The number of carbonyl (C=O) groups is 1. The molecule has 1 atom stereocenters. The quantitative estimate of drug-likeness (QED) is 0.748. The molecule has 1 amide bonds. The van der Waals surface area contributed by atoms with Crippen LogP contribution in [0.25, 0.3) is 5.57 Å². The molecule has 0 aromatic heterocycles. The molecule has 2 aliphatic rings. The molecule has 2 aromatic carbocycles. The number of anilines is 3. The lowest BCUT2D eigenvalue weighted by Gasteiger charge is -2.39. The molecule has 2 heterocycles. The van der Waals surface area contributed by atoms with Gasteiger partial charge in [0.15, 0.2) is 0 Å². The third kappa shape index (κ3) is 4.12. The van der Waals surface area contributed by atoms with E-state index >= 15 is 0 Å². The van der Waals surface area contributed by atoms with Crippen molar-refractivity contribution in [2.24, 2.45) is 0 Å². The first kappa shape index (κ1) is 19.5. The summed E-state index contributed by atoms with van der Waals surface area (Å²) in [5.41, 5.74) is 3.84. The number of halogens is 1. The van der Waals surface area contributed by atoms with Crippen LogP contribution < -0.4 is 15.5 Å². The van der Waals surface area contributed by atoms with Crippen LogP contribution in [0.4, 0.5) is 21.5 Å². The lowest BCUT2D eigenvalue weighted by molar-refractivity contribution is -0.110. The van der Waals surface area contributed by atoms with Gasteiger partial charge >= 0.3 is 0 Å². The Morgan fingerprint density at radius 2 is 1.86 bits per heavy atom. The third-order valence-corrected chi connectivity index (χ3v) is 5.91. The average Bonchev–Trinajstić information content (AvgIpc) is 3.06. The minimum Gasteiger partial charge on any atom is -0.369 e. The fourth-order valence-corrected chi connectivity index (χ4v) is 3.91. The minimum absolute atomic E-state index is 0.228. The summed E-state index contributed by atoms with van der Waals surface area (Å²) in [7, 11) is 0. The second-order valence-corrected chi connectivity index (χ2v) is 7.67. The molecular weight excluding hydrogens is 367 g/mol. The summed E-state index contributed by atoms with van der Waals surface area (Å²) in [5, 5.41) is 5.88. The summed E-state index contributed by atoms with van der Waals surface area (Å²) in [6.07, 6.45) is 2.87. The van der Waals surface area contributed by atoms with E-state index < -0.39 is 0 Å². The van der Waals surface area contributed by atoms with Gasteiger partial charge in [0.1, 0.15) is 5.82 Å². The van der Waals surface area contributed by atoms with Gasteiger partial charge < -0.3 is 15.5 Å². The standard InChI is InChI=1S/C23H27FN4O/c1-3-16(2)27-10-12-28(13-11-27)19-7-5-18(6-8-19)25-15-21-20-9-4-17(24)14-22(20)26-23(21)29/h4-9,14-16,25H,3,10-13H2,1-2H3,(H,26,29)/b21-15+. The number of fused-ring (bicyclic) bond motifs is 1. The molecule has 1 fully saturated rings. The van der Waals surface area contributed by atoms with Gasteiger partial charge in [-0.2, -0.15) is 0 Å². The van der Waals surface area contributed by atoms with Crippen LogP contribution >= 0.6 is 0 Å². The molecule has 2 aromatic rings. The summed E-state index contributed by atoms with van der Waals surface area (Å²) in [6.45, 7) is 8.80. The van der Waals surface area contributed by atoms with E-state index in [2.05, 4.69) is 46.4 Å². The van der Waals surface area contributed by atoms with Gasteiger partial charge in [-0.3, -0.25) is 9.69 Å². The summed E-state index contributed by atoms with van der Waals surface area (Å²) in [5.74, 6) is -0.590. The average molecular weight is 394 g/mol. The van der Waals surface area contributed by atoms with Crippen LogP contribution in [0.3, 0.4) is 0 Å². The van der Waals surface area contributed by atoms with Crippen LogP contribution in [-0.2, 0) is 4.79 Å². The van der Waals surface area contributed by atoms with Gasteiger partial charge in [-0.15, -0.1) is 0 Å². The lowest BCUT2D eigenvalue weighted by atomic mass is 10.1. The molecule has 2 aliphatic heterocycles.